The predicted octanol–water partition coefficient (Wildman–Crippen LogP) is 1.65. The number of hydrogen-bond donors (Lipinski definition) is 1. The van der Waals surface area contributed by atoms with E-state index in [4.69, 9.17) is 4.74 Å². The average molecular weight is 256 g/mol. The molecule has 4 heteroatoms. The van der Waals surface area contributed by atoms with Gasteiger partial charge in [0, 0.05) is 19.1 Å². The Bertz CT molecular complexity index is 254. The SMILES string of the molecule is CC(C)OCCNC(=O)C1CCCN(C(C)C)C1. The van der Waals surface area contributed by atoms with Gasteiger partial charge in [-0.1, -0.05) is 0 Å². The normalized spacial score (nSPS) is 21.6. The second-order valence-electron chi connectivity index (χ2n) is 5.64. The lowest BCUT2D eigenvalue weighted by Gasteiger charge is -2.34. The van der Waals surface area contributed by atoms with Gasteiger partial charge in [-0.3, -0.25) is 4.79 Å². The van der Waals surface area contributed by atoms with Crippen LogP contribution in [0.4, 0.5) is 0 Å². The maximum absolute atomic E-state index is 12.0. The molecule has 1 amide bonds. The molecular weight excluding hydrogens is 228 g/mol. The van der Waals surface area contributed by atoms with Crippen LogP contribution in [0.5, 0.6) is 0 Å². The molecule has 0 spiro atoms. The molecule has 0 aromatic heterocycles. The van der Waals surface area contributed by atoms with E-state index in [-0.39, 0.29) is 17.9 Å². The highest BCUT2D eigenvalue weighted by atomic mass is 16.5. The van der Waals surface area contributed by atoms with Gasteiger partial charge in [-0.05, 0) is 47.1 Å². The van der Waals surface area contributed by atoms with Crippen LogP contribution in [-0.4, -0.2) is 49.2 Å². The molecule has 1 fully saturated rings. The molecule has 0 saturated carbocycles. The van der Waals surface area contributed by atoms with Crippen molar-refractivity contribution in [3.8, 4) is 0 Å². The summed E-state index contributed by atoms with van der Waals surface area (Å²) in [5, 5.41) is 2.98. The van der Waals surface area contributed by atoms with Crippen molar-refractivity contribution in [1.29, 1.82) is 0 Å². The highest BCUT2D eigenvalue weighted by molar-refractivity contribution is 5.78. The fraction of sp³-hybridized carbons (Fsp3) is 0.929. The van der Waals surface area contributed by atoms with E-state index < -0.39 is 0 Å². The predicted molar refractivity (Wildman–Crippen MR) is 73.5 cm³/mol. The van der Waals surface area contributed by atoms with E-state index in [9.17, 15) is 4.79 Å². The van der Waals surface area contributed by atoms with Gasteiger partial charge in [-0.15, -0.1) is 0 Å². The van der Waals surface area contributed by atoms with E-state index in [0.29, 0.717) is 19.2 Å². The van der Waals surface area contributed by atoms with Crippen molar-refractivity contribution in [2.45, 2.75) is 52.7 Å². The number of carbonyl (C=O) groups is 1. The van der Waals surface area contributed by atoms with E-state index in [0.717, 1.165) is 25.9 Å². The van der Waals surface area contributed by atoms with Gasteiger partial charge in [-0.25, -0.2) is 0 Å². The van der Waals surface area contributed by atoms with Crippen LogP contribution < -0.4 is 5.32 Å². The number of likely N-dealkylation sites (tertiary alicyclic amines) is 1. The largest absolute Gasteiger partial charge is 0.377 e. The summed E-state index contributed by atoms with van der Waals surface area (Å²) in [6.07, 6.45) is 2.37. The molecule has 1 atom stereocenters. The molecule has 0 bridgehead atoms. The first-order valence-corrected chi connectivity index (χ1v) is 7.14. The third-order valence-corrected chi connectivity index (χ3v) is 3.41. The number of carbonyl (C=O) groups excluding carboxylic acids is 1. The number of nitrogens with zero attached hydrogens (tertiary/aromatic N) is 1. The van der Waals surface area contributed by atoms with Gasteiger partial charge < -0.3 is 15.0 Å². The minimum Gasteiger partial charge on any atom is -0.377 e. The van der Waals surface area contributed by atoms with Gasteiger partial charge in [0.25, 0.3) is 0 Å². The van der Waals surface area contributed by atoms with Crippen molar-refractivity contribution in [2.75, 3.05) is 26.2 Å². The maximum Gasteiger partial charge on any atom is 0.224 e. The molecule has 0 aliphatic carbocycles. The van der Waals surface area contributed by atoms with E-state index in [2.05, 4.69) is 24.1 Å². The third-order valence-electron chi connectivity index (χ3n) is 3.41. The van der Waals surface area contributed by atoms with Gasteiger partial charge in [0.2, 0.25) is 5.91 Å². The van der Waals surface area contributed by atoms with Gasteiger partial charge in [0.15, 0.2) is 0 Å². The van der Waals surface area contributed by atoms with Crippen LogP contribution in [0.15, 0.2) is 0 Å². The van der Waals surface area contributed by atoms with Crippen molar-refractivity contribution in [2.24, 2.45) is 5.92 Å². The smallest absolute Gasteiger partial charge is 0.224 e. The van der Waals surface area contributed by atoms with Gasteiger partial charge in [-0.2, -0.15) is 0 Å². The Morgan fingerprint density at radius 1 is 1.39 bits per heavy atom. The lowest BCUT2D eigenvalue weighted by molar-refractivity contribution is -0.127. The summed E-state index contributed by atoms with van der Waals surface area (Å²) < 4.78 is 5.41. The molecule has 4 nitrogen and oxygen atoms in total. The van der Waals surface area contributed by atoms with Crippen LogP contribution in [0, 0.1) is 5.92 Å². The number of amides is 1. The fourth-order valence-electron chi connectivity index (χ4n) is 2.30. The van der Waals surface area contributed by atoms with Crippen molar-refractivity contribution in [1.82, 2.24) is 10.2 Å². The molecule has 1 rings (SSSR count). The first-order chi connectivity index (χ1) is 8.50. The van der Waals surface area contributed by atoms with E-state index in [1.807, 2.05) is 13.8 Å². The molecule has 1 saturated heterocycles. The van der Waals surface area contributed by atoms with Crippen LogP contribution in [-0.2, 0) is 9.53 Å². The Labute approximate surface area is 111 Å². The second-order valence-corrected chi connectivity index (χ2v) is 5.64. The first-order valence-electron chi connectivity index (χ1n) is 7.14. The summed E-state index contributed by atoms with van der Waals surface area (Å²) >= 11 is 0. The van der Waals surface area contributed by atoms with Crippen LogP contribution in [0.25, 0.3) is 0 Å². The summed E-state index contributed by atoms with van der Waals surface area (Å²) in [4.78, 5) is 14.4. The number of nitrogens with one attached hydrogen (secondary N) is 1. The van der Waals surface area contributed by atoms with Gasteiger partial charge in [0.05, 0.1) is 18.6 Å². The molecule has 1 aliphatic rings. The van der Waals surface area contributed by atoms with Crippen LogP contribution in [0.2, 0.25) is 0 Å². The molecule has 1 aliphatic heterocycles. The fourth-order valence-corrected chi connectivity index (χ4v) is 2.30. The monoisotopic (exact) mass is 256 g/mol. The zero-order valence-electron chi connectivity index (χ0n) is 12.2. The van der Waals surface area contributed by atoms with Gasteiger partial charge >= 0.3 is 0 Å². The molecule has 106 valence electrons. The first kappa shape index (κ1) is 15.4. The summed E-state index contributed by atoms with van der Waals surface area (Å²) in [5.74, 6) is 0.341. The average Bonchev–Trinajstić information content (AvgIpc) is 2.34. The lowest BCUT2D eigenvalue weighted by atomic mass is 9.96. The Balaban J connectivity index is 2.24. The minimum absolute atomic E-state index is 0.153. The quantitative estimate of drug-likeness (QED) is 0.735. The minimum atomic E-state index is 0.153. The van der Waals surface area contributed by atoms with E-state index in [1.54, 1.807) is 0 Å². The Hall–Kier alpha value is -0.610. The number of rotatable bonds is 6. The second kappa shape index (κ2) is 7.74. The van der Waals surface area contributed by atoms with Crippen LogP contribution in [0.3, 0.4) is 0 Å². The molecule has 0 aromatic rings. The third kappa shape index (κ3) is 5.36. The number of hydrogen-bond acceptors (Lipinski definition) is 3. The Morgan fingerprint density at radius 2 is 2.11 bits per heavy atom. The molecular formula is C14H28N2O2. The summed E-state index contributed by atoms with van der Waals surface area (Å²) in [7, 11) is 0. The summed E-state index contributed by atoms with van der Waals surface area (Å²) in [5.41, 5.74) is 0. The molecule has 1 unspecified atom stereocenters. The van der Waals surface area contributed by atoms with Gasteiger partial charge in [0.1, 0.15) is 0 Å². The topological polar surface area (TPSA) is 41.6 Å². The zero-order chi connectivity index (χ0) is 13.5. The van der Waals surface area contributed by atoms with E-state index >= 15 is 0 Å². The molecule has 0 aromatic carbocycles. The standard InChI is InChI=1S/C14H28N2O2/c1-11(2)16-8-5-6-13(10-16)14(17)15-7-9-18-12(3)4/h11-13H,5-10H2,1-4H3,(H,15,17). The molecule has 1 N–H and O–H groups in total. The number of piperidine rings is 1. The lowest BCUT2D eigenvalue weighted by Crippen LogP contribution is -2.46. The van der Waals surface area contributed by atoms with Crippen molar-refractivity contribution in [3.05, 3.63) is 0 Å². The van der Waals surface area contributed by atoms with Crippen LogP contribution >= 0.6 is 0 Å². The maximum atomic E-state index is 12.0. The molecule has 0 radical (unpaired) electrons. The van der Waals surface area contributed by atoms with Crippen molar-refractivity contribution < 1.29 is 9.53 Å². The Kier molecular flexibility index (Phi) is 6.65. The Morgan fingerprint density at radius 3 is 2.72 bits per heavy atom. The highest BCUT2D eigenvalue weighted by Gasteiger charge is 2.26. The van der Waals surface area contributed by atoms with Crippen molar-refractivity contribution in [3.63, 3.8) is 0 Å². The van der Waals surface area contributed by atoms with Crippen molar-refractivity contribution >= 4 is 5.91 Å². The summed E-state index contributed by atoms with van der Waals surface area (Å²) in [6, 6.07) is 0.532. The van der Waals surface area contributed by atoms with E-state index in [1.165, 1.54) is 0 Å². The zero-order valence-corrected chi connectivity index (χ0v) is 12.2. The molecule has 1 heterocycles. The molecule has 18 heavy (non-hydrogen) atoms. The van der Waals surface area contributed by atoms with Crippen LogP contribution in [0.1, 0.15) is 40.5 Å². The number of ether oxygens (including phenoxy) is 1. The summed E-state index contributed by atoms with van der Waals surface area (Å²) in [6.45, 7) is 11.6. The highest BCUT2D eigenvalue weighted by Crippen LogP contribution is 2.18.